The van der Waals surface area contributed by atoms with Gasteiger partial charge in [-0.1, -0.05) is 11.6 Å². The van der Waals surface area contributed by atoms with Crippen molar-refractivity contribution in [2.24, 2.45) is 5.92 Å². The van der Waals surface area contributed by atoms with E-state index >= 15 is 0 Å². The van der Waals surface area contributed by atoms with Crippen molar-refractivity contribution in [1.29, 1.82) is 5.26 Å². The van der Waals surface area contributed by atoms with Crippen molar-refractivity contribution in [1.82, 2.24) is 4.90 Å². The zero-order valence-electron chi connectivity index (χ0n) is 17.0. The summed E-state index contributed by atoms with van der Waals surface area (Å²) in [5.41, 5.74) is 1.62. The number of hydrogen-bond donors (Lipinski definition) is 1. The second kappa shape index (κ2) is 9.75. The predicted octanol–water partition coefficient (Wildman–Crippen LogP) is 4.14. The van der Waals surface area contributed by atoms with Crippen LogP contribution in [-0.2, 0) is 4.79 Å². The third-order valence-corrected chi connectivity index (χ3v) is 5.87. The lowest BCUT2D eigenvalue weighted by atomic mass is 9.88. The average Bonchev–Trinajstić information content (AvgIpc) is 2.78. The van der Waals surface area contributed by atoms with Crippen molar-refractivity contribution in [3.05, 3.63) is 58.6 Å². The van der Waals surface area contributed by atoms with E-state index in [9.17, 15) is 9.59 Å². The number of ether oxygens (including phenoxy) is 1. The molecule has 1 atom stereocenters. The van der Waals surface area contributed by atoms with Crippen LogP contribution in [0.1, 0.15) is 35.7 Å². The number of benzene rings is 2. The Morgan fingerprint density at radius 1 is 1.20 bits per heavy atom. The van der Waals surface area contributed by atoms with E-state index in [0.717, 1.165) is 5.75 Å². The van der Waals surface area contributed by atoms with Crippen molar-refractivity contribution in [3.63, 3.8) is 0 Å². The van der Waals surface area contributed by atoms with Gasteiger partial charge in [0, 0.05) is 17.2 Å². The van der Waals surface area contributed by atoms with Crippen molar-refractivity contribution in [2.45, 2.75) is 25.8 Å². The van der Waals surface area contributed by atoms with E-state index in [1.165, 1.54) is 0 Å². The molecular weight excluding hydrogens is 402 g/mol. The number of Topliss-reactive ketones (excluding diaryl/α,β-unsaturated/α-hetero) is 1. The molecule has 0 aromatic heterocycles. The summed E-state index contributed by atoms with van der Waals surface area (Å²) >= 11 is 6.03. The second-order valence-electron chi connectivity index (χ2n) is 7.37. The van der Waals surface area contributed by atoms with Gasteiger partial charge in [-0.2, -0.15) is 5.26 Å². The molecule has 2 aromatic carbocycles. The zero-order valence-corrected chi connectivity index (χ0v) is 17.8. The quantitative estimate of drug-likeness (QED) is 0.703. The fraction of sp³-hybridized carbons (Fsp3) is 0.348. The van der Waals surface area contributed by atoms with Crippen LogP contribution in [0.3, 0.4) is 0 Å². The van der Waals surface area contributed by atoms with Crippen LogP contribution < -0.4 is 10.1 Å². The van der Waals surface area contributed by atoms with Gasteiger partial charge in [0.1, 0.15) is 11.8 Å². The first-order valence-corrected chi connectivity index (χ1v) is 10.2. The first kappa shape index (κ1) is 21.8. The number of rotatable bonds is 6. The Labute approximate surface area is 181 Å². The zero-order chi connectivity index (χ0) is 21.7. The number of carbonyl (C=O) groups is 2. The van der Waals surface area contributed by atoms with Crippen LogP contribution in [0.25, 0.3) is 0 Å². The van der Waals surface area contributed by atoms with Gasteiger partial charge in [-0.25, -0.2) is 0 Å². The maximum absolute atomic E-state index is 12.8. The lowest BCUT2D eigenvalue weighted by Crippen LogP contribution is -2.47. The molecule has 1 N–H and O–H groups in total. The van der Waals surface area contributed by atoms with Crippen LogP contribution >= 0.6 is 11.6 Å². The van der Waals surface area contributed by atoms with Crippen LogP contribution in [0.15, 0.2) is 42.5 Å². The summed E-state index contributed by atoms with van der Waals surface area (Å²) in [7, 11) is 1.60. The van der Waals surface area contributed by atoms with Crippen LogP contribution in [-0.4, -0.2) is 42.8 Å². The Morgan fingerprint density at radius 3 is 2.43 bits per heavy atom. The number of methoxy groups -OCH3 is 1. The van der Waals surface area contributed by atoms with Crippen LogP contribution in [0.4, 0.5) is 5.69 Å². The van der Waals surface area contributed by atoms with Crippen molar-refractivity contribution in [2.75, 3.05) is 25.5 Å². The highest BCUT2D eigenvalue weighted by Crippen LogP contribution is 2.25. The molecule has 0 spiro atoms. The lowest BCUT2D eigenvalue weighted by Gasteiger charge is -2.34. The SMILES string of the molecule is COc1ccc(C(=O)C2CCN(C(C)C(=O)Nc3ccc(C#N)c(Cl)c3)CC2)cc1. The Bertz CT molecular complexity index is 961. The van der Waals surface area contributed by atoms with E-state index in [1.807, 2.05) is 13.0 Å². The summed E-state index contributed by atoms with van der Waals surface area (Å²) < 4.78 is 5.14. The van der Waals surface area contributed by atoms with Gasteiger partial charge in [-0.05, 0) is 75.3 Å². The predicted molar refractivity (Wildman–Crippen MR) is 116 cm³/mol. The molecule has 3 rings (SSSR count). The summed E-state index contributed by atoms with van der Waals surface area (Å²) in [5, 5.41) is 12.1. The molecule has 1 amide bonds. The van der Waals surface area contributed by atoms with Gasteiger partial charge in [-0.15, -0.1) is 0 Å². The third kappa shape index (κ3) is 4.99. The summed E-state index contributed by atoms with van der Waals surface area (Å²) in [6, 6.07) is 13.7. The molecule has 0 aliphatic carbocycles. The van der Waals surface area contributed by atoms with Gasteiger partial charge in [0.25, 0.3) is 0 Å². The molecule has 30 heavy (non-hydrogen) atoms. The number of halogens is 1. The molecule has 1 aliphatic rings. The molecular formula is C23H24ClN3O3. The highest BCUT2D eigenvalue weighted by molar-refractivity contribution is 6.32. The molecule has 0 radical (unpaired) electrons. The third-order valence-electron chi connectivity index (χ3n) is 5.56. The fourth-order valence-corrected chi connectivity index (χ4v) is 3.86. The first-order chi connectivity index (χ1) is 14.4. The molecule has 0 bridgehead atoms. The van der Waals surface area contributed by atoms with Gasteiger partial charge < -0.3 is 10.1 Å². The number of piperidine rings is 1. The minimum atomic E-state index is -0.337. The number of amides is 1. The molecule has 2 aromatic rings. The Hall–Kier alpha value is -2.88. The smallest absolute Gasteiger partial charge is 0.241 e. The average molecular weight is 426 g/mol. The monoisotopic (exact) mass is 425 g/mol. The first-order valence-electron chi connectivity index (χ1n) is 9.85. The number of hydrogen-bond acceptors (Lipinski definition) is 5. The summed E-state index contributed by atoms with van der Waals surface area (Å²) in [5.74, 6) is 0.685. The lowest BCUT2D eigenvalue weighted by molar-refractivity contribution is -0.121. The summed E-state index contributed by atoms with van der Waals surface area (Å²) in [4.78, 5) is 27.5. The number of likely N-dealkylation sites (tertiary alicyclic amines) is 1. The molecule has 0 saturated carbocycles. The maximum atomic E-state index is 12.8. The van der Waals surface area contributed by atoms with E-state index in [-0.39, 0.29) is 23.7 Å². The van der Waals surface area contributed by atoms with Crippen LogP contribution in [0, 0.1) is 17.2 Å². The normalized spacial score (nSPS) is 15.8. The number of nitrogens with one attached hydrogen (secondary N) is 1. The van der Waals surface area contributed by atoms with E-state index in [2.05, 4.69) is 10.2 Å². The molecule has 1 unspecified atom stereocenters. The topological polar surface area (TPSA) is 82.4 Å². The number of nitriles is 1. The van der Waals surface area contributed by atoms with Gasteiger partial charge in [-0.3, -0.25) is 14.5 Å². The second-order valence-corrected chi connectivity index (χ2v) is 7.78. The Balaban J connectivity index is 1.54. The summed E-state index contributed by atoms with van der Waals surface area (Å²) in [6.07, 6.45) is 1.43. The number of nitrogens with zero attached hydrogens (tertiary/aromatic N) is 2. The minimum Gasteiger partial charge on any atom is -0.497 e. The van der Waals surface area contributed by atoms with Gasteiger partial charge in [0.15, 0.2) is 5.78 Å². The molecule has 156 valence electrons. The van der Waals surface area contributed by atoms with E-state index in [4.69, 9.17) is 21.6 Å². The number of anilines is 1. The van der Waals surface area contributed by atoms with Gasteiger partial charge >= 0.3 is 0 Å². The largest absolute Gasteiger partial charge is 0.497 e. The van der Waals surface area contributed by atoms with Crippen molar-refractivity contribution < 1.29 is 14.3 Å². The fourth-order valence-electron chi connectivity index (χ4n) is 3.64. The van der Waals surface area contributed by atoms with Crippen molar-refractivity contribution >= 4 is 29.0 Å². The molecule has 1 fully saturated rings. The highest BCUT2D eigenvalue weighted by Gasteiger charge is 2.30. The summed E-state index contributed by atoms with van der Waals surface area (Å²) in [6.45, 7) is 3.21. The van der Waals surface area contributed by atoms with Crippen molar-refractivity contribution in [3.8, 4) is 11.8 Å². The minimum absolute atomic E-state index is 0.0396. The molecule has 6 nitrogen and oxygen atoms in total. The molecule has 1 heterocycles. The van der Waals surface area contributed by atoms with Crippen LogP contribution in [0.2, 0.25) is 5.02 Å². The van der Waals surface area contributed by atoms with Gasteiger partial charge in [0.2, 0.25) is 5.91 Å². The molecule has 1 aliphatic heterocycles. The maximum Gasteiger partial charge on any atom is 0.241 e. The Morgan fingerprint density at radius 2 is 1.87 bits per heavy atom. The van der Waals surface area contributed by atoms with E-state index < -0.39 is 0 Å². The standard InChI is InChI=1S/C23H24ClN3O3/c1-15(23(29)26-19-6-3-18(14-25)21(24)13-19)27-11-9-17(10-12-27)22(28)16-4-7-20(30-2)8-5-16/h3-8,13,15,17H,9-12H2,1-2H3,(H,26,29). The molecule has 1 saturated heterocycles. The van der Waals surface area contributed by atoms with E-state index in [0.29, 0.717) is 47.8 Å². The number of carbonyl (C=O) groups excluding carboxylic acids is 2. The molecule has 7 heteroatoms. The highest BCUT2D eigenvalue weighted by atomic mass is 35.5. The van der Waals surface area contributed by atoms with Crippen LogP contribution in [0.5, 0.6) is 5.75 Å². The number of ketones is 1. The van der Waals surface area contributed by atoms with Gasteiger partial charge in [0.05, 0.1) is 23.7 Å². The van der Waals surface area contributed by atoms with E-state index in [1.54, 1.807) is 49.6 Å². The Kier molecular flexibility index (Phi) is 7.09.